The van der Waals surface area contributed by atoms with Gasteiger partial charge in [-0.3, -0.25) is 14.7 Å². The van der Waals surface area contributed by atoms with E-state index in [0.29, 0.717) is 18.1 Å². The number of carbonyl (C=O) groups excluding carboxylic acids is 2. The third-order valence-electron chi connectivity index (χ3n) is 6.10. The molecule has 1 saturated heterocycles. The molecule has 1 atom stereocenters. The van der Waals surface area contributed by atoms with Crippen molar-refractivity contribution in [1.82, 2.24) is 14.8 Å². The van der Waals surface area contributed by atoms with Gasteiger partial charge in [0.05, 0.1) is 10.7 Å². The van der Waals surface area contributed by atoms with Crippen LogP contribution in [0.25, 0.3) is 0 Å². The standard InChI is InChI=1S/C25H32ClN3O2.CH3NO/c1-17-5-8-21-18(13-17)6-7-19-14-20(26)15-27-23(19)22(21)16-28-9-11-29(12-10-28)24(30)31-25(2,3)4;2-1-3/h5,8,13-15,22H,6-7,9-12,16H2,1-4H3;1H,(H2,2,3). The van der Waals surface area contributed by atoms with Crippen LogP contribution in [0.15, 0.2) is 30.5 Å². The van der Waals surface area contributed by atoms with Crippen LogP contribution in [0.2, 0.25) is 5.02 Å². The molecule has 4 rings (SSSR count). The quantitative estimate of drug-likeness (QED) is 0.650. The number of benzene rings is 1. The zero-order valence-corrected chi connectivity index (χ0v) is 21.3. The Kier molecular flexibility index (Phi) is 8.55. The molecule has 2 heterocycles. The average molecular weight is 487 g/mol. The van der Waals surface area contributed by atoms with Gasteiger partial charge in [-0.2, -0.15) is 0 Å². The molecule has 8 heteroatoms. The molecule has 1 aliphatic heterocycles. The Morgan fingerprint density at radius 1 is 1.18 bits per heavy atom. The summed E-state index contributed by atoms with van der Waals surface area (Å²) in [5.74, 6) is 0.207. The van der Waals surface area contributed by atoms with Gasteiger partial charge < -0.3 is 15.4 Å². The molecule has 0 spiro atoms. The van der Waals surface area contributed by atoms with Crippen molar-refractivity contribution in [1.29, 1.82) is 0 Å². The van der Waals surface area contributed by atoms with E-state index in [9.17, 15) is 4.79 Å². The van der Waals surface area contributed by atoms with Gasteiger partial charge in [0.15, 0.2) is 0 Å². The van der Waals surface area contributed by atoms with Gasteiger partial charge in [0.1, 0.15) is 5.60 Å². The lowest BCUT2D eigenvalue weighted by Gasteiger charge is -2.37. The highest BCUT2D eigenvalue weighted by molar-refractivity contribution is 6.30. The van der Waals surface area contributed by atoms with Crippen LogP contribution >= 0.6 is 11.6 Å². The number of aryl methyl sites for hydroxylation is 3. The molecular weight excluding hydrogens is 452 g/mol. The monoisotopic (exact) mass is 486 g/mol. The number of amides is 2. The molecule has 0 radical (unpaired) electrons. The highest BCUT2D eigenvalue weighted by Gasteiger charge is 2.30. The minimum atomic E-state index is -0.465. The minimum absolute atomic E-state index is 0.207. The van der Waals surface area contributed by atoms with Crippen molar-refractivity contribution in [2.45, 2.75) is 52.1 Å². The second kappa shape index (κ2) is 11.2. The number of rotatable bonds is 2. The first-order chi connectivity index (χ1) is 16.1. The van der Waals surface area contributed by atoms with Crippen LogP contribution in [0, 0.1) is 6.92 Å². The molecule has 0 saturated carbocycles. The second-order valence-electron chi connectivity index (χ2n) is 9.86. The van der Waals surface area contributed by atoms with E-state index in [2.05, 4.69) is 41.8 Å². The van der Waals surface area contributed by atoms with Crippen LogP contribution in [0.1, 0.15) is 54.6 Å². The van der Waals surface area contributed by atoms with E-state index in [4.69, 9.17) is 26.1 Å². The van der Waals surface area contributed by atoms with E-state index in [-0.39, 0.29) is 18.4 Å². The number of carbonyl (C=O) groups is 2. The highest BCUT2D eigenvalue weighted by Crippen LogP contribution is 2.35. The van der Waals surface area contributed by atoms with Crippen LogP contribution in [-0.2, 0) is 22.4 Å². The molecule has 2 aromatic rings. The molecule has 0 bridgehead atoms. The summed E-state index contributed by atoms with van der Waals surface area (Å²) in [6.07, 6.45) is 3.77. The smallest absolute Gasteiger partial charge is 0.410 e. The van der Waals surface area contributed by atoms with E-state index < -0.39 is 5.60 Å². The van der Waals surface area contributed by atoms with Crippen LogP contribution < -0.4 is 5.73 Å². The molecule has 2 aliphatic rings. The maximum atomic E-state index is 12.4. The average Bonchev–Trinajstić information content (AvgIpc) is 2.90. The fraction of sp³-hybridized carbons (Fsp3) is 0.500. The number of hydrogen-bond acceptors (Lipinski definition) is 5. The van der Waals surface area contributed by atoms with Crippen LogP contribution in [0.4, 0.5) is 4.79 Å². The number of primary amides is 1. The SMILES string of the molecule is Cc1ccc2c(c1)CCc1cc(Cl)cnc1C2CN1CCN(C(=O)OC(C)(C)C)CC1.NC=O. The lowest BCUT2D eigenvalue weighted by molar-refractivity contribution is -0.106. The first-order valence-electron chi connectivity index (χ1n) is 11.7. The molecule has 7 nitrogen and oxygen atoms in total. The van der Waals surface area contributed by atoms with Gasteiger partial charge in [-0.25, -0.2) is 4.79 Å². The summed E-state index contributed by atoms with van der Waals surface area (Å²) in [6, 6.07) is 8.87. The lowest BCUT2D eigenvalue weighted by Crippen LogP contribution is -2.50. The summed E-state index contributed by atoms with van der Waals surface area (Å²) in [5, 5.41) is 0.700. The first kappa shape index (κ1) is 26.0. The first-order valence-corrected chi connectivity index (χ1v) is 12.1. The number of pyridine rings is 1. The maximum Gasteiger partial charge on any atom is 0.410 e. The Hall–Kier alpha value is -2.64. The van der Waals surface area contributed by atoms with Gasteiger partial charge in [-0.1, -0.05) is 35.4 Å². The Morgan fingerprint density at radius 2 is 1.82 bits per heavy atom. The molecule has 34 heavy (non-hydrogen) atoms. The van der Waals surface area contributed by atoms with E-state index in [1.165, 1.54) is 22.3 Å². The summed E-state index contributed by atoms with van der Waals surface area (Å²) >= 11 is 6.28. The van der Waals surface area contributed by atoms with Crippen LogP contribution in [0.3, 0.4) is 0 Å². The predicted octanol–water partition coefficient (Wildman–Crippen LogP) is 3.93. The summed E-state index contributed by atoms with van der Waals surface area (Å²) in [4.78, 5) is 30.0. The van der Waals surface area contributed by atoms with E-state index in [1.54, 1.807) is 6.20 Å². The summed E-state index contributed by atoms with van der Waals surface area (Å²) < 4.78 is 5.54. The second-order valence-corrected chi connectivity index (χ2v) is 10.3. The van der Waals surface area contributed by atoms with Gasteiger partial charge in [0, 0.05) is 44.8 Å². The summed E-state index contributed by atoms with van der Waals surface area (Å²) in [5.41, 5.74) is 10.2. The number of piperazine rings is 1. The van der Waals surface area contributed by atoms with E-state index >= 15 is 0 Å². The lowest BCUT2D eigenvalue weighted by atomic mass is 9.90. The zero-order valence-electron chi connectivity index (χ0n) is 20.5. The van der Waals surface area contributed by atoms with Gasteiger partial charge in [-0.15, -0.1) is 0 Å². The molecule has 2 amide bonds. The molecule has 184 valence electrons. The van der Waals surface area contributed by atoms with Crippen molar-refractivity contribution in [3.8, 4) is 0 Å². The zero-order chi connectivity index (χ0) is 24.9. The van der Waals surface area contributed by atoms with Crippen LogP contribution in [-0.4, -0.2) is 65.6 Å². The van der Waals surface area contributed by atoms with Crippen molar-refractivity contribution in [3.63, 3.8) is 0 Å². The number of fused-ring (bicyclic) bond motifs is 2. The molecular formula is C26H35ClN4O3. The van der Waals surface area contributed by atoms with Gasteiger partial charge in [0.25, 0.3) is 0 Å². The number of hydrogen-bond donors (Lipinski definition) is 1. The normalized spacial score (nSPS) is 18.0. The third kappa shape index (κ3) is 6.70. The summed E-state index contributed by atoms with van der Waals surface area (Å²) in [6.45, 7) is 11.8. The third-order valence-corrected chi connectivity index (χ3v) is 6.31. The highest BCUT2D eigenvalue weighted by atomic mass is 35.5. The number of halogens is 1. The van der Waals surface area contributed by atoms with Crippen molar-refractivity contribution < 1.29 is 14.3 Å². The van der Waals surface area contributed by atoms with E-state index in [1.807, 2.05) is 25.7 Å². The van der Waals surface area contributed by atoms with Crippen molar-refractivity contribution in [3.05, 3.63) is 63.4 Å². The Labute approximate surface area is 207 Å². The molecule has 1 aromatic carbocycles. The van der Waals surface area contributed by atoms with Gasteiger partial charge in [0.2, 0.25) is 6.41 Å². The molecule has 1 unspecified atom stereocenters. The predicted molar refractivity (Wildman–Crippen MR) is 134 cm³/mol. The molecule has 1 fully saturated rings. The Morgan fingerprint density at radius 3 is 2.47 bits per heavy atom. The van der Waals surface area contributed by atoms with Crippen molar-refractivity contribution in [2.24, 2.45) is 5.73 Å². The van der Waals surface area contributed by atoms with Gasteiger partial charge >= 0.3 is 6.09 Å². The number of nitrogens with two attached hydrogens (primary N) is 1. The van der Waals surface area contributed by atoms with Crippen molar-refractivity contribution >= 4 is 24.1 Å². The van der Waals surface area contributed by atoms with E-state index in [0.717, 1.165) is 38.2 Å². The molecule has 2 N–H and O–H groups in total. The molecule has 1 aromatic heterocycles. The molecule has 1 aliphatic carbocycles. The van der Waals surface area contributed by atoms with Crippen LogP contribution in [0.5, 0.6) is 0 Å². The fourth-order valence-electron chi connectivity index (χ4n) is 4.60. The van der Waals surface area contributed by atoms with Crippen molar-refractivity contribution in [2.75, 3.05) is 32.7 Å². The van der Waals surface area contributed by atoms with Gasteiger partial charge in [-0.05, 0) is 63.3 Å². The largest absolute Gasteiger partial charge is 0.444 e. The minimum Gasteiger partial charge on any atom is -0.444 e. The number of aromatic nitrogens is 1. The Balaban J connectivity index is 0.00000103. The number of nitrogens with zero attached hydrogens (tertiary/aromatic N) is 3. The number of ether oxygens (including phenoxy) is 1. The summed E-state index contributed by atoms with van der Waals surface area (Å²) in [7, 11) is 0. The topological polar surface area (TPSA) is 88.8 Å². The Bertz CT molecular complexity index is 960. The fourth-order valence-corrected chi connectivity index (χ4v) is 4.78. The maximum absolute atomic E-state index is 12.4.